The molecule has 1 aliphatic heterocycles. The van der Waals surface area contributed by atoms with E-state index in [4.69, 9.17) is 4.74 Å². The lowest BCUT2D eigenvalue weighted by Crippen LogP contribution is -2.48. The molecule has 1 saturated heterocycles. The van der Waals surface area contributed by atoms with Crippen LogP contribution >= 0.6 is 0 Å². The fraction of sp³-hybridized carbons (Fsp3) is 0.409. The van der Waals surface area contributed by atoms with Crippen LogP contribution in [0.2, 0.25) is 0 Å². The van der Waals surface area contributed by atoms with Crippen LogP contribution in [0, 0.1) is 13.8 Å². The number of pyridine rings is 1. The van der Waals surface area contributed by atoms with Gasteiger partial charge in [0.2, 0.25) is 0 Å². The highest BCUT2D eigenvalue weighted by atomic mass is 16.5. The number of piperidine rings is 1. The molecule has 7 nitrogen and oxygen atoms in total. The summed E-state index contributed by atoms with van der Waals surface area (Å²) < 4.78 is 7.25. The summed E-state index contributed by atoms with van der Waals surface area (Å²) in [5.74, 6) is 1.57. The van der Waals surface area contributed by atoms with Crippen LogP contribution < -0.4 is 4.74 Å². The molecule has 152 valence electrons. The van der Waals surface area contributed by atoms with Gasteiger partial charge in [0.15, 0.2) is 0 Å². The molecule has 0 aliphatic carbocycles. The number of methoxy groups -OCH3 is 1. The number of hydrogen-bond donors (Lipinski definition) is 1. The molecule has 0 radical (unpaired) electrons. The molecule has 1 fully saturated rings. The minimum Gasteiger partial charge on any atom is -0.497 e. The highest BCUT2D eigenvalue weighted by Gasteiger charge is 2.35. The Hall–Kier alpha value is -2.93. The van der Waals surface area contributed by atoms with Gasteiger partial charge in [-0.25, -0.2) is 4.98 Å². The van der Waals surface area contributed by atoms with Gasteiger partial charge < -0.3 is 19.3 Å². The van der Waals surface area contributed by atoms with Crippen molar-refractivity contribution in [3.8, 4) is 5.75 Å². The molecular weight excluding hydrogens is 368 g/mol. The number of likely N-dealkylation sites (tertiary alicyclic amines) is 1. The average Bonchev–Trinajstić information content (AvgIpc) is 3.11. The summed E-state index contributed by atoms with van der Waals surface area (Å²) in [4.78, 5) is 23.8. The number of aromatic nitrogens is 3. The molecule has 1 N–H and O–H groups in total. The lowest BCUT2D eigenvalue weighted by Gasteiger charge is -2.38. The molecule has 29 heavy (non-hydrogen) atoms. The first kappa shape index (κ1) is 19.4. The van der Waals surface area contributed by atoms with Gasteiger partial charge >= 0.3 is 0 Å². The first-order valence-corrected chi connectivity index (χ1v) is 9.83. The van der Waals surface area contributed by atoms with Crippen LogP contribution in [0.15, 0.2) is 36.7 Å². The molecule has 1 amide bonds. The van der Waals surface area contributed by atoms with E-state index in [1.54, 1.807) is 13.3 Å². The van der Waals surface area contributed by atoms with Crippen molar-refractivity contribution in [1.29, 1.82) is 0 Å². The molecule has 0 saturated carbocycles. The third-order valence-corrected chi connectivity index (χ3v) is 5.81. The maximum atomic E-state index is 13.2. The largest absolute Gasteiger partial charge is 0.497 e. The highest BCUT2D eigenvalue weighted by molar-refractivity contribution is 5.98. The monoisotopic (exact) mass is 394 g/mol. The fourth-order valence-corrected chi connectivity index (χ4v) is 3.94. The van der Waals surface area contributed by atoms with Gasteiger partial charge in [0, 0.05) is 30.9 Å². The van der Waals surface area contributed by atoms with E-state index in [0.29, 0.717) is 43.7 Å². The first-order valence-electron chi connectivity index (χ1n) is 9.83. The van der Waals surface area contributed by atoms with Crippen molar-refractivity contribution < 1.29 is 14.6 Å². The SMILES string of the molecule is COc1ccc2nc(C)c(C(=O)N3CCC(O)(Cn4ccnc4C)CC3)cc2c1. The average molecular weight is 394 g/mol. The van der Waals surface area contributed by atoms with Crippen molar-refractivity contribution >= 4 is 16.8 Å². The van der Waals surface area contributed by atoms with Crippen LogP contribution in [0.1, 0.15) is 34.7 Å². The molecular formula is C22H26N4O3. The Morgan fingerprint density at radius 3 is 2.66 bits per heavy atom. The zero-order valence-corrected chi connectivity index (χ0v) is 17.1. The number of aryl methyl sites for hydroxylation is 2. The standard InChI is InChI=1S/C22H26N4O3/c1-15-19(13-17-12-18(29-3)4-5-20(17)24-15)21(27)25-9-6-22(28,7-10-25)14-26-11-8-23-16(26)2/h4-5,8,11-13,28H,6-7,9-10,14H2,1-3H3. The van der Waals surface area contributed by atoms with Crippen LogP contribution in [0.5, 0.6) is 5.75 Å². The lowest BCUT2D eigenvalue weighted by atomic mass is 9.90. The molecule has 2 aromatic heterocycles. The van der Waals surface area contributed by atoms with E-state index >= 15 is 0 Å². The summed E-state index contributed by atoms with van der Waals surface area (Å²) in [6.45, 7) is 5.31. The number of hydrogen-bond acceptors (Lipinski definition) is 5. The quantitative estimate of drug-likeness (QED) is 0.736. The fourth-order valence-electron chi connectivity index (χ4n) is 3.94. The summed E-state index contributed by atoms with van der Waals surface area (Å²) in [5.41, 5.74) is 1.32. The van der Waals surface area contributed by atoms with E-state index in [1.807, 2.05) is 53.8 Å². The Bertz CT molecular complexity index is 1050. The lowest BCUT2D eigenvalue weighted by molar-refractivity contribution is -0.0296. The number of fused-ring (bicyclic) bond motifs is 1. The van der Waals surface area contributed by atoms with E-state index < -0.39 is 5.60 Å². The first-order chi connectivity index (χ1) is 13.9. The number of carbonyl (C=O) groups is 1. The Labute approximate surface area is 170 Å². The van der Waals surface area contributed by atoms with E-state index in [2.05, 4.69) is 9.97 Å². The van der Waals surface area contributed by atoms with Gasteiger partial charge in [0.25, 0.3) is 5.91 Å². The van der Waals surface area contributed by atoms with Crippen molar-refractivity contribution in [2.45, 2.75) is 38.8 Å². The van der Waals surface area contributed by atoms with Crippen molar-refractivity contribution in [3.63, 3.8) is 0 Å². The molecule has 0 spiro atoms. The predicted molar refractivity (Wildman–Crippen MR) is 110 cm³/mol. The van der Waals surface area contributed by atoms with Crippen molar-refractivity contribution in [2.75, 3.05) is 20.2 Å². The zero-order valence-electron chi connectivity index (χ0n) is 17.1. The van der Waals surface area contributed by atoms with Crippen LogP contribution in [0.3, 0.4) is 0 Å². The molecule has 3 aromatic rings. The van der Waals surface area contributed by atoms with Gasteiger partial charge in [-0.15, -0.1) is 0 Å². The maximum absolute atomic E-state index is 13.2. The number of carbonyl (C=O) groups excluding carboxylic acids is 1. The molecule has 0 unspecified atom stereocenters. The number of benzene rings is 1. The topological polar surface area (TPSA) is 80.5 Å². The van der Waals surface area contributed by atoms with E-state index in [1.165, 1.54) is 0 Å². The minimum absolute atomic E-state index is 0.0411. The molecule has 0 bridgehead atoms. The van der Waals surface area contributed by atoms with Crippen LogP contribution in [0.25, 0.3) is 10.9 Å². The van der Waals surface area contributed by atoms with Gasteiger partial charge in [-0.2, -0.15) is 0 Å². The van der Waals surface area contributed by atoms with E-state index in [9.17, 15) is 9.90 Å². The van der Waals surface area contributed by atoms with E-state index in [0.717, 1.165) is 22.5 Å². The van der Waals surface area contributed by atoms with Gasteiger partial charge in [0.05, 0.1) is 36.0 Å². The molecule has 7 heteroatoms. The zero-order chi connectivity index (χ0) is 20.6. The number of imidazole rings is 1. The molecule has 0 atom stereocenters. The van der Waals surface area contributed by atoms with Crippen molar-refractivity contribution in [1.82, 2.24) is 19.4 Å². The molecule has 1 aliphatic rings. The van der Waals surface area contributed by atoms with Crippen LogP contribution in [-0.2, 0) is 6.54 Å². The van der Waals surface area contributed by atoms with Crippen LogP contribution in [0.4, 0.5) is 0 Å². The Kier molecular flexibility index (Phi) is 5.00. The van der Waals surface area contributed by atoms with Crippen molar-refractivity contribution in [3.05, 3.63) is 53.7 Å². The Morgan fingerprint density at radius 1 is 1.24 bits per heavy atom. The molecule has 1 aromatic carbocycles. The molecule has 4 rings (SSSR count). The maximum Gasteiger partial charge on any atom is 0.255 e. The second-order valence-corrected chi connectivity index (χ2v) is 7.80. The summed E-state index contributed by atoms with van der Waals surface area (Å²) >= 11 is 0. The number of rotatable bonds is 4. The normalized spacial score (nSPS) is 16.2. The second kappa shape index (κ2) is 7.48. The van der Waals surface area contributed by atoms with Gasteiger partial charge in [0.1, 0.15) is 11.6 Å². The highest BCUT2D eigenvalue weighted by Crippen LogP contribution is 2.27. The third kappa shape index (κ3) is 3.82. The number of aliphatic hydroxyl groups is 1. The number of ether oxygens (including phenoxy) is 1. The van der Waals surface area contributed by atoms with E-state index in [-0.39, 0.29) is 5.91 Å². The summed E-state index contributed by atoms with van der Waals surface area (Å²) in [6, 6.07) is 7.54. The van der Waals surface area contributed by atoms with Crippen LogP contribution in [-0.4, -0.2) is 56.2 Å². The Morgan fingerprint density at radius 2 is 2.00 bits per heavy atom. The van der Waals surface area contributed by atoms with Gasteiger partial charge in [-0.1, -0.05) is 0 Å². The van der Waals surface area contributed by atoms with Crippen molar-refractivity contribution in [2.24, 2.45) is 0 Å². The number of amides is 1. The minimum atomic E-state index is -0.827. The number of nitrogens with zero attached hydrogens (tertiary/aromatic N) is 4. The second-order valence-electron chi connectivity index (χ2n) is 7.80. The third-order valence-electron chi connectivity index (χ3n) is 5.81. The summed E-state index contributed by atoms with van der Waals surface area (Å²) in [6.07, 6.45) is 4.68. The smallest absolute Gasteiger partial charge is 0.255 e. The molecule has 3 heterocycles. The Balaban J connectivity index is 1.50. The van der Waals surface area contributed by atoms with Gasteiger partial charge in [-0.3, -0.25) is 9.78 Å². The van der Waals surface area contributed by atoms with Gasteiger partial charge in [-0.05, 0) is 51.0 Å². The summed E-state index contributed by atoms with van der Waals surface area (Å²) in [7, 11) is 1.62. The predicted octanol–water partition coefficient (Wildman–Crippen LogP) is 2.72. The summed E-state index contributed by atoms with van der Waals surface area (Å²) in [5, 5.41) is 11.9.